The van der Waals surface area contributed by atoms with Gasteiger partial charge in [0.25, 0.3) is 5.88 Å². The average molecular weight is 494 g/mol. The van der Waals surface area contributed by atoms with Crippen LogP contribution in [0.3, 0.4) is 0 Å². The van der Waals surface area contributed by atoms with Crippen LogP contribution in [0.25, 0.3) is 10.9 Å². The molecule has 1 saturated heterocycles. The van der Waals surface area contributed by atoms with Crippen molar-refractivity contribution >= 4 is 34.1 Å². The Morgan fingerprint density at radius 3 is 2.64 bits per heavy atom. The van der Waals surface area contributed by atoms with E-state index < -0.39 is 17.5 Å². The predicted molar refractivity (Wildman–Crippen MR) is 132 cm³/mol. The van der Waals surface area contributed by atoms with Crippen molar-refractivity contribution in [1.29, 1.82) is 0 Å². The number of nitrogens with zero attached hydrogens (tertiary/aromatic N) is 5. The fraction of sp³-hybridized carbons (Fsp3) is 0.280. The maximum Gasteiger partial charge on any atom is 0.261 e. The molecular weight excluding hydrogens is 468 g/mol. The number of rotatable bonds is 6. The number of carbonyl (C=O) groups is 1. The number of ether oxygens (including phenoxy) is 1. The Morgan fingerprint density at radius 1 is 1.11 bits per heavy atom. The number of pyridine rings is 1. The summed E-state index contributed by atoms with van der Waals surface area (Å²) in [4.78, 5) is 26.6. The van der Waals surface area contributed by atoms with E-state index in [1.165, 1.54) is 10.6 Å². The van der Waals surface area contributed by atoms with Gasteiger partial charge in [-0.15, -0.1) is 0 Å². The van der Waals surface area contributed by atoms with Gasteiger partial charge < -0.3 is 20.3 Å². The number of hydrogen-bond donors (Lipinski definition) is 2. The van der Waals surface area contributed by atoms with Crippen molar-refractivity contribution in [3.63, 3.8) is 0 Å². The molecule has 1 fully saturated rings. The highest BCUT2D eigenvalue weighted by Crippen LogP contribution is 2.33. The van der Waals surface area contributed by atoms with E-state index in [1.54, 1.807) is 38.2 Å². The van der Waals surface area contributed by atoms with Gasteiger partial charge in [0.15, 0.2) is 17.4 Å². The van der Waals surface area contributed by atoms with E-state index in [4.69, 9.17) is 4.74 Å². The molecule has 0 spiro atoms. The first kappa shape index (κ1) is 23.6. The van der Waals surface area contributed by atoms with Crippen LogP contribution in [-0.4, -0.2) is 51.6 Å². The molecule has 9 nitrogen and oxygen atoms in total. The van der Waals surface area contributed by atoms with Crippen molar-refractivity contribution < 1.29 is 18.3 Å². The molecule has 0 amide bonds. The van der Waals surface area contributed by atoms with E-state index in [-0.39, 0.29) is 29.3 Å². The molecule has 0 atom stereocenters. The minimum atomic E-state index is -0.889. The van der Waals surface area contributed by atoms with Crippen molar-refractivity contribution in [2.45, 2.75) is 20.3 Å². The summed E-state index contributed by atoms with van der Waals surface area (Å²) >= 11 is 0. The van der Waals surface area contributed by atoms with E-state index in [0.717, 1.165) is 38.2 Å². The molecule has 0 radical (unpaired) electrons. The smallest absolute Gasteiger partial charge is 0.261 e. The number of nitrogens with one attached hydrogen (secondary N) is 2. The quantitative estimate of drug-likeness (QED) is 0.408. The minimum Gasteiger partial charge on any atom is -0.433 e. The van der Waals surface area contributed by atoms with Crippen LogP contribution in [0.5, 0.6) is 11.6 Å². The highest BCUT2D eigenvalue weighted by molar-refractivity contribution is 5.94. The third-order valence-corrected chi connectivity index (χ3v) is 6.06. The average Bonchev–Trinajstić information content (AvgIpc) is 3.25. The second-order valence-electron chi connectivity index (χ2n) is 8.39. The van der Waals surface area contributed by atoms with Crippen LogP contribution in [0, 0.1) is 18.6 Å². The first-order chi connectivity index (χ1) is 17.5. The highest BCUT2D eigenvalue weighted by Gasteiger charge is 2.20. The van der Waals surface area contributed by atoms with Crippen molar-refractivity contribution in [3.05, 3.63) is 60.2 Å². The van der Waals surface area contributed by atoms with Gasteiger partial charge in [-0.25, -0.2) is 14.4 Å². The number of aromatic nitrogens is 4. The van der Waals surface area contributed by atoms with Crippen LogP contribution in [0.1, 0.15) is 23.8 Å². The summed E-state index contributed by atoms with van der Waals surface area (Å²) in [5, 5.41) is 6.32. The third-order valence-electron chi connectivity index (χ3n) is 6.06. The van der Waals surface area contributed by atoms with Crippen molar-refractivity contribution in [3.8, 4) is 11.6 Å². The largest absolute Gasteiger partial charge is 0.433 e. The molecular formula is C25H25F2N7O2. The highest BCUT2D eigenvalue weighted by atomic mass is 19.1. The molecule has 4 heterocycles. The van der Waals surface area contributed by atoms with E-state index in [0.29, 0.717) is 17.0 Å². The number of benzene rings is 1. The van der Waals surface area contributed by atoms with E-state index >= 15 is 8.78 Å². The zero-order valence-electron chi connectivity index (χ0n) is 19.9. The zero-order valence-corrected chi connectivity index (χ0v) is 19.9. The van der Waals surface area contributed by atoms with Crippen LogP contribution in [-0.2, 0) is 0 Å². The zero-order chi connectivity index (χ0) is 25.2. The molecule has 1 aromatic carbocycles. The lowest BCUT2D eigenvalue weighted by Gasteiger charge is -2.29. The Morgan fingerprint density at radius 2 is 1.92 bits per heavy atom. The SMILES string of the molecule is CCC(=O)n1c(C)cc2c(F)c(Oc3ncnc(Nc4ccc(N5CCNCC5)cn4)c3F)ccc21. The first-order valence-electron chi connectivity index (χ1n) is 11.7. The molecule has 0 bridgehead atoms. The van der Waals surface area contributed by atoms with Gasteiger partial charge in [0, 0.05) is 43.7 Å². The van der Waals surface area contributed by atoms with E-state index in [9.17, 15) is 4.79 Å². The number of aryl methyl sites for hydroxylation is 1. The van der Waals surface area contributed by atoms with E-state index in [1.807, 2.05) is 6.07 Å². The third kappa shape index (κ3) is 4.44. The Balaban J connectivity index is 1.37. The molecule has 3 aromatic heterocycles. The summed E-state index contributed by atoms with van der Waals surface area (Å²) in [6, 6.07) is 8.11. The Kier molecular flexibility index (Phi) is 6.47. The second-order valence-corrected chi connectivity index (χ2v) is 8.39. The second kappa shape index (κ2) is 9.86. The van der Waals surface area contributed by atoms with Crippen LogP contribution in [0.15, 0.2) is 42.9 Å². The number of carbonyl (C=O) groups excluding carboxylic acids is 1. The summed E-state index contributed by atoms with van der Waals surface area (Å²) in [6.45, 7) is 7.05. The summed E-state index contributed by atoms with van der Waals surface area (Å²) in [5.74, 6) is -2.17. The molecule has 5 rings (SSSR count). The summed E-state index contributed by atoms with van der Waals surface area (Å²) in [6.07, 6.45) is 3.11. The normalized spacial score (nSPS) is 13.7. The van der Waals surface area contributed by atoms with Gasteiger partial charge in [-0.2, -0.15) is 9.37 Å². The van der Waals surface area contributed by atoms with Crippen molar-refractivity contribution in [2.75, 3.05) is 36.4 Å². The van der Waals surface area contributed by atoms with Crippen molar-refractivity contribution in [1.82, 2.24) is 24.8 Å². The fourth-order valence-electron chi connectivity index (χ4n) is 4.23. The van der Waals surface area contributed by atoms with Crippen LogP contribution < -0.4 is 20.3 Å². The Labute approximate surface area is 206 Å². The van der Waals surface area contributed by atoms with Crippen LogP contribution >= 0.6 is 0 Å². The lowest BCUT2D eigenvalue weighted by Crippen LogP contribution is -2.43. The van der Waals surface area contributed by atoms with Gasteiger partial charge in [0.2, 0.25) is 11.7 Å². The standard InChI is InChI=1S/C25H25F2N7O2/c1-3-21(35)34-15(2)12-17-18(34)5-6-19(22(17)26)36-25-23(27)24(30-14-31-25)32-20-7-4-16(13-29-20)33-10-8-28-9-11-33/h4-7,12-14,28H,3,8-11H2,1-2H3,(H,29,30,31,32). The number of piperazine rings is 1. The molecule has 2 N–H and O–H groups in total. The summed E-state index contributed by atoms with van der Waals surface area (Å²) in [7, 11) is 0. The van der Waals surface area contributed by atoms with Gasteiger partial charge in [-0.1, -0.05) is 6.92 Å². The van der Waals surface area contributed by atoms with Gasteiger partial charge in [-0.3, -0.25) is 9.36 Å². The van der Waals surface area contributed by atoms with Gasteiger partial charge in [0.05, 0.1) is 17.4 Å². The lowest BCUT2D eigenvalue weighted by molar-refractivity contribution is 0.0912. The molecule has 0 unspecified atom stereocenters. The van der Waals surface area contributed by atoms with Gasteiger partial charge >= 0.3 is 0 Å². The Hall–Kier alpha value is -4.12. The number of hydrogen-bond acceptors (Lipinski definition) is 8. The number of fused-ring (bicyclic) bond motifs is 1. The van der Waals surface area contributed by atoms with Crippen LogP contribution in [0.2, 0.25) is 0 Å². The van der Waals surface area contributed by atoms with Gasteiger partial charge in [-0.05, 0) is 37.3 Å². The number of anilines is 3. The summed E-state index contributed by atoms with van der Waals surface area (Å²) in [5.41, 5.74) is 2.00. The monoisotopic (exact) mass is 493 g/mol. The predicted octanol–water partition coefficient (Wildman–Crippen LogP) is 4.41. The van der Waals surface area contributed by atoms with Gasteiger partial charge in [0.1, 0.15) is 12.1 Å². The molecule has 1 aliphatic rings. The molecule has 1 aliphatic heterocycles. The maximum absolute atomic E-state index is 15.2. The molecule has 36 heavy (non-hydrogen) atoms. The molecule has 4 aromatic rings. The van der Waals surface area contributed by atoms with Crippen molar-refractivity contribution in [2.24, 2.45) is 0 Å². The van der Waals surface area contributed by atoms with Crippen LogP contribution in [0.4, 0.5) is 26.1 Å². The molecule has 11 heteroatoms. The molecule has 0 saturated carbocycles. The molecule has 0 aliphatic carbocycles. The number of halogens is 2. The fourth-order valence-corrected chi connectivity index (χ4v) is 4.23. The Bertz CT molecular complexity index is 1420. The molecule has 186 valence electrons. The topological polar surface area (TPSA) is 97.2 Å². The maximum atomic E-state index is 15.2. The first-order valence-corrected chi connectivity index (χ1v) is 11.7. The minimum absolute atomic E-state index is 0.150. The lowest BCUT2D eigenvalue weighted by atomic mass is 10.2. The van der Waals surface area contributed by atoms with E-state index in [2.05, 4.69) is 30.5 Å². The summed E-state index contributed by atoms with van der Waals surface area (Å²) < 4.78 is 37.3.